The van der Waals surface area contributed by atoms with Gasteiger partial charge in [0.05, 0.1) is 26.8 Å². The summed E-state index contributed by atoms with van der Waals surface area (Å²) in [5.74, 6) is -0.344. The molecule has 13 nitrogen and oxygen atoms in total. The molecule has 1 saturated carbocycles. The van der Waals surface area contributed by atoms with Gasteiger partial charge < -0.3 is 39.3 Å². The van der Waals surface area contributed by atoms with Crippen LogP contribution in [0, 0.1) is 11.3 Å². The van der Waals surface area contributed by atoms with Gasteiger partial charge >= 0.3 is 18.0 Å². The number of para-hydroxylation sites is 1. The number of ether oxygens (including phenoxy) is 4. The van der Waals surface area contributed by atoms with Gasteiger partial charge in [0, 0.05) is 90.9 Å². The Kier molecular flexibility index (Phi) is 11.1. The van der Waals surface area contributed by atoms with Crippen LogP contribution in [-0.2, 0) is 47.7 Å². The summed E-state index contributed by atoms with van der Waals surface area (Å²) in [6, 6.07) is 21.0. The minimum absolute atomic E-state index is 0.0203. The molecule has 1 saturated heterocycles. The van der Waals surface area contributed by atoms with Crippen LogP contribution >= 0.6 is 0 Å². The molecule has 5 aliphatic heterocycles. The van der Waals surface area contributed by atoms with Gasteiger partial charge in [-0.15, -0.1) is 0 Å². The normalized spacial score (nSPS) is 31.8. The molecular formula is C53H63N5O8. The molecule has 6 heterocycles. The van der Waals surface area contributed by atoms with Crippen molar-refractivity contribution in [3.05, 3.63) is 118 Å². The molecule has 1 aliphatic carbocycles. The van der Waals surface area contributed by atoms with Gasteiger partial charge in [-0.3, -0.25) is 19.4 Å². The standard InChI is InChI=1S/C53H63N5O8/c1-7-34-25-36-28-52(48(60)64-6,44-38(19-23-57(29-34)30-36)37-17-12-13-18-41(37)55-44)40-26-39-42(27-43(40)63-5)56(4)46-51(39)21-24-58-22-14-20-50(8-2,45(51)58)47(66-33(3)59)53(46,62)32-54-49(61)65-31-35-15-10-9-11-16-35/h9-18,20,25-27,36,45-47,55,62H,7-8,19,21-24,28-32H2,1-6H3,(H,54,61)/t36-,45-,46+,47+,50+,51+,52-,53?/m0/s1. The predicted octanol–water partition coefficient (Wildman–Crippen LogP) is 6.55. The van der Waals surface area contributed by atoms with Gasteiger partial charge in [-0.25, -0.2) is 4.79 Å². The third kappa shape index (κ3) is 6.47. The summed E-state index contributed by atoms with van der Waals surface area (Å²) in [6.07, 6.45) is 8.21. The van der Waals surface area contributed by atoms with E-state index in [4.69, 9.17) is 18.9 Å². The fourth-order valence-electron chi connectivity index (χ4n) is 14.0. The lowest BCUT2D eigenvalue weighted by molar-refractivity contribution is -0.217. The maximum Gasteiger partial charge on any atom is 0.407 e. The molecule has 9 atom stereocenters. The lowest BCUT2D eigenvalue weighted by Gasteiger charge is -2.64. The number of rotatable bonds is 10. The van der Waals surface area contributed by atoms with E-state index in [9.17, 15) is 14.7 Å². The number of hydrogen-bond donors (Lipinski definition) is 3. The smallest absolute Gasteiger partial charge is 0.407 e. The number of amides is 1. The van der Waals surface area contributed by atoms with Gasteiger partial charge in [0.15, 0.2) is 0 Å². The maximum atomic E-state index is 15.5. The molecule has 66 heavy (non-hydrogen) atoms. The molecule has 2 bridgehead atoms. The summed E-state index contributed by atoms with van der Waals surface area (Å²) in [5, 5.41) is 17.9. The summed E-state index contributed by atoms with van der Waals surface area (Å²) in [7, 11) is 5.11. The van der Waals surface area contributed by atoms with E-state index in [1.165, 1.54) is 19.6 Å². The fourth-order valence-corrected chi connectivity index (χ4v) is 14.0. The van der Waals surface area contributed by atoms with Crippen LogP contribution < -0.4 is 15.0 Å². The Morgan fingerprint density at radius 3 is 2.52 bits per heavy atom. The van der Waals surface area contributed by atoms with E-state index in [1.807, 2.05) is 49.5 Å². The van der Waals surface area contributed by atoms with E-state index in [1.54, 1.807) is 7.11 Å². The third-order valence-electron chi connectivity index (χ3n) is 16.4. The lowest BCUT2D eigenvalue weighted by atomic mass is 9.47. The third-order valence-corrected chi connectivity index (χ3v) is 16.4. The van der Waals surface area contributed by atoms with Crippen molar-refractivity contribution < 1.29 is 38.4 Å². The van der Waals surface area contributed by atoms with Gasteiger partial charge in [0.1, 0.15) is 29.5 Å². The molecule has 13 heteroatoms. The number of carbonyl (C=O) groups excluding carboxylic acids is 3. The molecule has 2 fully saturated rings. The van der Waals surface area contributed by atoms with Gasteiger partial charge in [-0.2, -0.15) is 0 Å². The molecule has 4 aromatic rings. The van der Waals surface area contributed by atoms with Crippen molar-refractivity contribution in [2.45, 2.75) is 94.1 Å². The summed E-state index contributed by atoms with van der Waals surface area (Å²) >= 11 is 0. The monoisotopic (exact) mass is 897 g/mol. The summed E-state index contributed by atoms with van der Waals surface area (Å²) in [4.78, 5) is 53.3. The summed E-state index contributed by atoms with van der Waals surface area (Å²) in [6.45, 7) is 9.41. The van der Waals surface area contributed by atoms with Crippen LogP contribution in [0.15, 0.2) is 90.5 Å². The number of methoxy groups -OCH3 is 2. The van der Waals surface area contributed by atoms with Crippen LogP contribution in [0.3, 0.4) is 0 Å². The number of nitrogens with one attached hydrogen (secondary N) is 2. The van der Waals surface area contributed by atoms with E-state index in [0.29, 0.717) is 43.7 Å². The molecule has 3 N–H and O–H groups in total. The molecule has 2 unspecified atom stereocenters. The van der Waals surface area contributed by atoms with Crippen LogP contribution in [0.2, 0.25) is 0 Å². The highest BCUT2D eigenvalue weighted by Gasteiger charge is 2.78. The Morgan fingerprint density at radius 2 is 1.77 bits per heavy atom. The van der Waals surface area contributed by atoms with Crippen LogP contribution in [-0.4, -0.2) is 122 Å². The summed E-state index contributed by atoms with van der Waals surface area (Å²) < 4.78 is 24.6. The first-order valence-corrected chi connectivity index (χ1v) is 23.7. The van der Waals surface area contributed by atoms with Crippen molar-refractivity contribution in [1.82, 2.24) is 20.1 Å². The zero-order valence-electron chi connectivity index (χ0n) is 39.0. The van der Waals surface area contributed by atoms with Crippen molar-refractivity contribution in [3.8, 4) is 5.75 Å². The molecule has 1 amide bonds. The minimum atomic E-state index is -1.85. The van der Waals surface area contributed by atoms with Crippen molar-refractivity contribution in [3.63, 3.8) is 0 Å². The Hall–Kier alpha value is -5.63. The molecule has 1 spiro atoms. The second-order valence-corrected chi connectivity index (χ2v) is 19.6. The number of fused-ring (bicyclic) bond motifs is 6. The number of aromatic nitrogens is 1. The topological polar surface area (TPSA) is 146 Å². The van der Waals surface area contributed by atoms with Gasteiger partial charge in [-0.05, 0) is 73.4 Å². The number of benzene rings is 3. The van der Waals surface area contributed by atoms with E-state index in [2.05, 4.69) is 81.3 Å². The van der Waals surface area contributed by atoms with Crippen molar-refractivity contribution >= 4 is 34.6 Å². The number of esters is 2. The number of likely N-dealkylation sites (N-methyl/N-ethyl adjacent to an activating group) is 1. The van der Waals surface area contributed by atoms with Crippen LogP contribution in [0.4, 0.5) is 10.5 Å². The largest absolute Gasteiger partial charge is 0.496 e. The van der Waals surface area contributed by atoms with E-state index < -0.39 is 46.1 Å². The van der Waals surface area contributed by atoms with Crippen LogP contribution in [0.5, 0.6) is 5.75 Å². The SMILES string of the molecule is CCC1=C[C@@H]2CN(CCc3c([nH]c4ccccc34)[C@@](C(=O)OC)(c3cc4c(cc3OC)N(C)[C@H]3C(O)(CNC(=O)OCc5ccccc5)[C@H](OC(C)=O)[C@]5(CC)C=CCN6CC[C@]43[C@@H]65)C2)C1. The van der Waals surface area contributed by atoms with Crippen LogP contribution in [0.1, 0.15) is 74.4 Å². The molecule has 348 valence electrons. The number of H-pyrrole nitrogens is 1. The van der Waals surface area contributed by atoms with Gasteiger partial charge in [-0.1, -0.05) is 86.2 Å². The van der Waals surface area contributed by atoms with E-state index in [0.717, 1.165) is 71.5 Å². The molecule has 10 rings (SSSR count). The highest BCUT2D eigenvalue weighted by molar-refractivity contribution is 5.94. The molecular weight excluding hydrogens is 835 g/mol. The van der Waals surface area contributed by atoms with Crippen LogP contribution in [0.25, 0.3) is 10.9 Å². The second kappa shape index (κ2) is 16.6. The predicted molar refractivity (Wildman–Crippen MR) is 252 cm³/mol. The highest BCUT2D eigenvalue weighted by atomic mass is 16.6. The number of hydrogen-bond acceptors (Lipinski definition) is 11. The highest BCUT2D eigenvalue weighted by Crippen LogP contribution is 2.68. The first kappa shape index (κ1) is 44.2. The number of alkyl carbamates (subject to hydrolysis) is 1. The number of anilines is 1. The first-order chi connectivity index (χ1) is 31.9. The van der Waals surface area contributed by atoms with E-state index >= 15 is 4.79 Å². The Bertz CT molecular complexity index is 2630. The summed E-state index contributed by atoms with van der Waals surface area (Å²) in [5.41, 5.74) is 2.72. The molecule has 0 radical (unpaired) electrons. The number of nitrogens with zero attached hydrogens (tertiary/aromatic N) is 3. The molecule has 1 aromatic heterocycles. The van der Waals surface area contributed by atoms with Crippen molar-refractivity contribution in [1.29, 1.82) is 0 Å². The number of carbonyl (C=O) groups is 3. The van der Waals surface area contributed by atoms with Gasteiger partial charge in [0.25, 0.3) is 0 Å². The molecule has 3 aromatic carbocycles. The van der Waals surface area contributed by atoms with Crippen molar-refractivity contribution in [2.75, 3.05) is 65.4 Å². The maximum absolute atomic E-state index is 15.5. The Morgan fingerprint density at radius 1 is 0.985 bits per heavy atom. The lowest BCUT2D eigenvalue weighted by Crippen LogP contribution is -2.81. The first-order valence-electron chi connectivity index (χ1n) is 23.7. The average molecular weight is 898 g/mol. The molecule has 6 aliphatic rings. The van der Waals surface area contributed by atoms with Crippen molar-refractivity contribution in [2.24, 2.45) is 11.3 Å². The Balaban J connectivity index is 1.20. The average Bonchev–Trinajstić information content (AvgIpc) is 4.00. The zero-order chi connectivity index (χ0) is 46.2. The zero-order valence-corrected chi connectivity index (χ0v) is 39.0. The number of aromatic amines is 1. The van der Waals surface area contributed by atoms with E-state index in [-0.39, 0.29) is 31.1 Å². The Labute approximate surface area is 387 Å². The fraction of sp³-hybridized carbons (Fsp3) is 0.491. The number of aliphatic hydroxyl groups is 1. The second-order valence-electron chi connectivity index (χ2n) is 19.6. The minimum Gasteiger partial charge on any atom is -0.496 e. The quantitative estimate of drug-likeness (QED) is 0.0906. The van der Waals surface area contributed by atoms with Gasteiger partial charge in [0.2, 0.25) is 0 Å².